The quantitative estimate of drug-likeness (QED) is 0.878. The van der Waals surface area contributed by atoms with Crippen LogP contribution >= 0.6 is 0 Å². The van der Waals surface area contributed by atoms with Gasteiger partial charge in [0.25, 0.3) is 0 Å². The summed E-state index contributed by atoms with van der Waals surface area (Å²) in [5.41, 5.74) is 2.78. The van der Waals surface area contributed by atoms with Crippen LogP contribution in [0.2, 0.25) is 0 Å². The molecule has 0 radical (unpaired) electrons. The first-order valence-corrected chi connectivity index (χ1v) is 9.73. The van der Waals surface area contributed by atoms with E-state index in [9.17, 15) is 9.59 Å². The van der Waals surface area contributed by atoms with E-state index in [2.05, 4.69) is 10.4 Å². The lowest BCUT2D eigenvalue weighted by atomic mass is 9.89. The number of benzene rings is 1. The van der Waals surface area contributed by atoms with Crippen molar-refractivity contribution in [2.75, 3.05) is 18.4 Å². The number of aromatic nitrogens is 2. The Balaban J connectivity index is 1.40. The molecule has 7 nitrogen and oxygen atoms in total. The number of anilines is 1. The summed E-state index contributed by atoms with van der Waals surface area (Å²) in [6, 6.07) is 7.35. The van der Waals surface area contributed by atoms with Crippen LogP contribution in [0.4, 0.5) is 10.5 Å². The Labute approximate surface area is 164 Å². The van der Waals surface area contributed by atoms with Gasteiger partial charge in [0.2, 0.25) is 0 Å². The number of carbonyl (C=O) groups excluding carboxylic acids is 2. The van der Waals surface area contributed by atoms with E-state index in [1.165, 1.54) is 0 Å². The number of nitrogens with one attached hydrogen (secondary N) is 1. The number of hydrogen-bond donors (Lipinski definition) is 1. The van der Waals surface area contributed by atoms with Crippen molar-refractivity contribution in [1.29, 1.82) is 0 Å². The van der Waals surface area contributed by atoms with Crippen LogP contribution in [0.1, 0.15) is 54.5 Å². The second kappa shape index (κ2) is 6.65. The van der Waals surface area contributed by atoms with E-state index < -0.39 is 5.60 Å². The predicted molar refractivity (Wildman–Crippen MR) is 106 cm³/mol. The Morgan fingerprint density at radius 3 is 2.71 bits per heavy atom. The maximum atomic E-state index is 12.5. The highest BCUT2D eigenvalue weighted by molar-refractivity contribution is 6.02. The van der Waals surface area contributed by atoms with Crippen LogP contribution in [-0.2, 0) is 0 Å². The molecule has 1 fully saturated rings. The van der Waals surface area contributed by atoms with Gasteiger partial charge in [0, 0.05) is 24.5 Å². The molecule has 7 heteroatoms. The van der Waals surface area contributed by atoms with E-state index in [1.54, 1.807) is 23.1 Å². The molecule has 0 unspecified atom stereocenters. The number of likely N-dealkylation sites (tertiary alicyclic amines) is 1. The van der Waals surface area contributed by atoms with Crippen LogP contribution in [0, 0.1) is 13.8 Å². The Bertz CT molecular complexity index is 945. The molecule has 1 aromatic carbocycles. The molecule has 1 atom stereocenters. The van der Waals surface area contributed by atoms with Gasteiger partial charge < -0.3 is 15.0 Å². The van der Waals surface area contributed by atoms with Crippen LogP contribution in [0.15, 0.2) is 24.3 Å². The van der Waals surface area contributed by atoms with Crippen LogP contribution < -0.4 is 10.1 Å². The first kappa shape index (κ1) is 18.5. The second-order valence-corrected chi connectivity index (χ2v) is 8.08. The summed E-state index contributed by atoms with van der Waals surface area (Å²) in [7, 11) is 0. The zero-order chi connectivity index (χ0) is 20.1. The normalized spacial score (nSPS) is 21.7. The number of urea groups is 1. The molecule has 4 rings (SSSR count). The van der Waals surface area contributed by atoms with Crippen LogP contribution in [-0.4, -0.2) is 45.2 Å². The van der Waals surface area contributed by atoms with E-state index in [0.29, 0.717) is 36.5 Å². The summed E-state index contributed by atoms with van der Waals surface area (Å²) in [4.78, 5) is 26.8. The zero-order valence-corrected chi connectivity index (χ0v) is 16.8. The third kappa shape index (κ3) is 3.25. The zero-order valence-electron chi connectivity index (χ0n) is 16.8. The Kier molecular flexibility index (Phi) is 4.40. The number of hydrogen-bond acceptors (Lipinski definition) is 4. The van der Waals surface area contributed by atoms with Gasteiger partial charge in [-0.05, 0) is 51.5 Å². The SMILES string of the molecule is CC[C@]1(C)CC(=O)c2cc(NC(=O)N3CC(n4nc(C)cc4C)C3)ccc2O1. The lowest BCUT2D eigenvalue weighted by Gasteiger charge is -2.39. The lowest BCUT2D eigenvalue weighted by Crippen LogP contribution is -2.52. The van der Waals surface area contributed by atoms with Crippen molar-refractivity contribution in [2.24, 2.45) is 0 Å². The minimum Gasteiger partial charge on any atom is -0.486 e. The fraction of sp³-hybridized carbons (Fsp3) is 0.476. The van der Waals surface area contributed by atoms with Gasteiger partial charge in [-0.1, -0.05) is 6.92 Å². The number of rotatable bonds is 3. The first-order valence-electron chi connectivity index (χ1n) is 9.73. The maximum absolute atomic E-state index is 12.5. The number of fused-ring (bicyclic) bond motifs is 1. The average Bonchev–Trinajstić information content (AvgIpc) is 2.92. The molecule has 2 amide bonds. The van der Waals surface area contributed by atoms with E-state index in [4.69, 9.17) is 4.74 Å². The van der Waals surface area contributed by atoms with Crippen molar-refractivity contribution in [1.82, 2.24) is 14.7 Å². The summed E-state index contributed by atoms with van der Waals surface area (Å²) in [5, 5.41) is 7.38. The summed E-state index contributed by atoms with van der Waals surface area (Å²) >= 11 is 0. The number of ether oxygens (including phenoxy) is 1. The van der Waals surface area contributed by atoms with Crippen LogP contribution in [0.5, 0.6) is 5.75 Å². The molecule has 2 aromatic rings. The molecule has 0 bridgehead atoms. The highest BCUT2D eigenvalue weighted by atomic mass is 16.5. The molecule has 2 aliphatic heterocycles. The standard InChI is InChI=1S/C21H26N4O3/c1-5-21(4)10-18(26)17-9-15(6-7-19(17)28-21)22-20(27)24-11-16(12-24)25-14(3)8-13(2)23-25/h6-9,16H,5,10-12H2,1-4H3,(H,22,27)/t21-/m1/s1. The van der Waals surface area contributed by atoms with Gasteiger partial charge in [-0.3, -0.25) is 9.48 Å². The van der Waals surface area contributed by atoms with Gasteiger partial charge >= 0.3 is 6.03 Å². The van der Waals surface area contributed by atoms with Gasteiger partial charge in [-0.25, -0.2) is 4.79 Å². The fourth-order valence-corrected chi connectivity index (χ4v) is 3.84. The molecule has 148 valence electrons. The molecule has 0 aliphatic carbocycles. The van der Waals surface area contributed by atoms with Crippen molar-refractivity contribution < 1.29 is 14.3 Å². The average molecular weight is 382 g/mol. The highest BCUT2D eigenvalue weighted by Crippen LogP contribution is 2.36. The topological polar surface area (TPSA) is 76.5 Å². The molecule has 0 spiro atoms. The summed E-state index contributed by atoms with van der Waals surface area (Å²) < 4.78 is 7.99. The molecule has 3 heterocycles. The van der Waals surface area contributed by atoms with E-state index in [-0.39, 0.29) is 17.9 Å². The monoisotopic (exact) mass is 382 g/mol. The van der Waals surface area contributed by atoms with Gasteiger partial charge in [-0.2, -0.15) is 5.10 Å². The van der Waals surface area contributed by atoms with Gasteiger partial charge in [0.1, 0.15) is 11.4 Å². The van der Waals surface area contributed by atoms with Gasteiger partial charge in [0.15, 0.2) is 5.78 Å². The van der Waals surface area contributed by atoms with Gasteiger partial charge in [-0.15, -0.1) is 0 Å². The fourth-order valence-electron chi connectivity index (χ4n) is 3.84. The molecule has 0 saturated carbocycles. The first-order chi connectivity index (χ1) is 13.3. The lowest BCUT2D eigenvalue weighted by molar-refractivity contribution is 0.0499. The molecule has 1 N–H and O–H groups in total. The second-order valence-electron chi connectivity index (χ2n) is 8.08. The van der Waals surface area contributed by atoms with Crippen molar-refractivity contribution in [3.8, 4) is 5.75 Å². The molecular formula is C21H26N4O3. The third-order valence-corrected chi connectivity index (χ3v) is 5.71. The number of ketones is 1. The predicted octanol–water partition coefficient (Wildman–Crippen LogP) is 3.72. The van der Waals surface area contributed by atoms with E-state index in [0.717, 1.165) is 17.8 Å². The molecule has 28 heavy (non-hydrogen) atoms. The molecule has 2 aliphatic rings. The van der Waals surface area contributed by atoms with Crippen LogP contribution in [0.25, 0.3) is 0 Å². The van der Waals surface area contributed by atoms with E-state index in [1.807, 2.05) is 38.4 Å². The van der Waals surface area contributed by atoms with Crippen LogP contribution in [0.3, 0.4) is 0 Å². The largest absolute Gasteiger partial charge is 0.486 e. The van der Waals surface area contributed by atoms with Crippen molar-refractivity contribution in [2.45, 2.75) is 52.2 Å². The molecule has 1 saturated heterocycles. The summed E-state index contributed by atoms with van der Waals surface area (Å²) in [6.45, 7) is 9.20. The number of carbonyl (C=O) groups is 2. The third-order valence-electron chi connectivity index (χ3n) is 5.71. The Morgan fingerprint density at radius 1 is 1.32 bits per heavy atom. The van der Waals surface area contributed by atoms with Crippen molar-refractivity contribution in [3.05, 3.63) is 41.2 Å². The summed E-state index contributed by atoms with van der Waals surface area (Å²) in [5.74, 6) is 0.641. The highest BCUT2D eigenvalue weighted by Gasteiger charge is 2.36. The smallest absolute Gasteiger partial charge is 0.321 e. The number of nitrogens with zero attached hydrogens (tertiary/aromatic N) is 3. The Morgan fingerprint density at radius 2 is 2.07 bits per heavy atom. The van der Waals surface area contributed by atoms with Gasteiger partial charge in [0.05, 0.1) is 23.7 Å². The number of amides is 2. The molecular weight excluding hydrogens is 356 g/mol. The Hall–Kier alpha value is -2.83. The number of Topliss-reactive ketones (excluding diaryl/α,β-unsaturated/α-hetero) is 1. The van der Waals surface area contributed by atoms with Crippen molar-refractivity contribution >= 4 is 17.5 Å². The van der Waals surface area contributed by atoms with Crippen molar-refractivity contribution in [3.63, 3.8) is 0 Å². The number of aryl methyl sites for hydroxylation is 2. The summed E-state index contributed by atoms with van der Waals surface area (Å²) in [6.07, 6.45) is 1.12. The minimum absolute atomic E-state index is 0.0511. The molecule has 1 aromatic heterocycles. The maximum Gasteiger partial charge on any atom is 0.321 e. The minimum atomic E-state index is -0.454. The van der Waals surface area contributed by atoms with E-state index >= 15 is 0 Å².